The first-order chi connectivity index (χ1) is 9.52. The van der Waals surface area contributed by atoms with Crippen LogP contribution in [0.15, 0.2) is 42.5 Å². The molecule has 0 radical (unpaired) electrons. The molecular formula is C16H14FNO2. The van der Waals surface area contributed by atoms with Gasteiger partial charge in [-0.2, -0.15) is 0 Å². The lowest BCUT2D eigenvalue weighted by molar-refractivity contribution is -0.107. The summed E-state index contributed by atoms with van der Waals surface area (Å²) in [5.74, 6) is -0.668. The number of carbonyl (C=O) groups excluding carboxylic acids is 2. The van der Waals surface area contributed by atoms with Crippen molar-refractivity contribution in [2.45, 2.75) is 6.92 Å². The van der Waals surface area contributed by atoms with Crippen molar-refractivity contribution in [2.24, 2.45) is 0 Å². The minimum Gasteiger partial charge on any atom is -0.318 e. The van der Waals surface area contributed by atoms with Crippen LogP contribution in [0, 0.1) is 12.7 Å². The number of hydrogen-bond acceptors (Lipinski definition) is 2. The summed E-state index contributed by atoms with van der Waals surface area (Å²) in [6, 6.07) is 10.8. The van der Waals surface area contributed by atoms with Gasteiger partial charge in [-0.05, 0) is 48.9 Å². The molecule has 0 N–H and O–H groups in total. The Morgan fingerprint density at radius 2 is 1.80 bits per heavy atom. The van der Waals surface area contributed by atoms with Gasteiger partial charge in [0.1, 0.15) is 5.82 Å². The average molecular weight is 271 g/mol. The van der Waals surface area contributed by atoms with Crippen LogP contribution in [0.3, 0.4) is 0 Å². The predicted molar refractivity (Wildman–Crippen MR) is 75.5 cm³/mol. The van der Waals surface area contributed by atoms with E-state index in [0.717, 1.165) is 5.56 Å². The van der Waals surface area contributed by atoms with E-state index in [1.807, 2.05) is 0 Å². The van der Waals surface area contributed by atoms with Gasteiger partial charge in [0, 0.05) is 23.9 Å². The van der Waals surface area contributed by atoms with E-state index >= 15 is 0 Å². The summed E-state index contributed by atoms with van der Waals surface area (Å²) in [7, 11) is 1.63. The first-order valence-corrected chi connectivity index (χ1v) is 6.12. The van der Waals surface area contributed by atoms with Crippen molar-refractivity contribution in [3.8, 4) is 0 Å². The number of amides is 1. The molecule has 0 saturated heterocycles. The van der Waals surface area contributed by atoms with Gasteiger partial charge in [-0.1, -0.05) is 6.07 Å². The van der Waals surface area contributed by atoms with Crippen LogP contribution in [0.25, 0.3) is 0 Å². The van der Waals surface area contributed by atoms with Crippen molar-refractivity contribution in [3.05, 3.63) is 65.0 Å². The summed E-state index contributed by atoms with van der Waals surface area (Å²) in [6.45, 7) is 1.77. The minimum atomic E-state index is -0.434. The zero-order valence-corrected chi connectivity index (χ0v) is 11.3. The van der Waals surface area contributed by atoms with E-state index in [9.17, 15) is 14.0 Å². The Bertz CT molecular complexity index is 650. The van der Waals surface area contributed by atoms with Crippen molar-refractivity contribution < 1.29 is 14.0 Å². The van der Waals surface area contributed by atoms with Gasteiger partial charge in [0.25, 0.3) is 0 Å². The van der Waals surface area contributed by atoms with Gasteiger partial charge in [0.15, 0.2) is 5.78 Å². The molecule has 0 unspecified atom stereocenters. The Hall–Kier alpha value is -2.49. The van der Waals surface area contributed by atoms with Gasteiger partial charge in [-0.25, -0.2) is 4.39 Å². The van der Waals surface area contributed by atoms with Crippen LogP contribution >= 0.6 is 0 Å². The number of anilines is 1. The number of ketones is 1. The molecule has 0 heterocycles. The Morgan fingerprint density at radius 3 is 2.40 bits per heavy atom. The normalized spacial score (nSPS) is 10.2. The van der Waals surface area contributed by atoms with Crippen molar-refractivity contribution in [1.82, 2.24) is 0 Å². The summed E-state index contributed by atoms with van der Waals surface area (Å²) < 4.78 is 13.2. The number of benzene rings is 2. The maximum Gasteiger partial charge on any atom is 0.213 e. The molecule has 1 amide bonds. The number of carbonyl (C=O) groups is 2. The lowest BCUT2D eigenvalue weighted by Gasteiger charge is -2.11. The fourth-order valence-corrected chi connectivity index (χ4v) is 1.90. The molecule has 0 aliphatic carbocycles. The average Bonchev–Trinajstić information content (AvgIpc) is 2.48. The monoisotopic (exact) mass is 271 g/mol. The highest BCUT2D eigenvalue weighted by Crippen LogP contribution is 2.18. The molecule has 2 rings (SSSR count). The van der Waals surface area contributed by atoms with E-state index < -0.39 is 5.82 Å². The molecule has 0 atom stereocenters. The number of rotatable bonds is 4. The van der Waals surface area contributed by atoms with Crippen LogP contribution in [-0.4, -0.2) is 19.2 Å². The molecule has 4 heteroatoms. The van der Waals surface area contributed by atoms with E-state index in [1.54, 1.807) is 44.3 Å². The number of hydrogen-bond donors (Lipinski definition) is 0. The van der Waals surface area contributed by atoms with E-state index in [0.29, 0.717) is 23.2 Å². The highest BCUT2D eigenvalue weighted by atomic mass is 19.1. The summed E-state index contributed by atoms with van der Waals surface area (Å²) in [5.41, 5.74) is 2.22. The van der Waals surface area contributed by atoms with E-state index in [4.69, 9.17) is 0 Å². The van der Waals surface area contributed by atoms with E-state index in [1.165, 1.54) is 17.0 Å². The van der Waals surface area contributed by atoms with Crippen molar-refractivity contribution in [3.63, 3.8) is 0 Å². The second kappa shape index (κ2) is 5.65. The minimum absolute atomic E-state index is 0.234. The molecule has 0 aromatic heterocycles. The number of nitrogens with zero attached hydrogens (tertiary/aromatic N) is 1. The Balaban J connectivity index is 2.34. The van der Waals surface area contributed by atoms with Crippen LogP contribution in [0.5, 0.6) is 0 Å². The van der Waals surface area contributed by atoms with Crippen LogP contribution < -0.4 is 4.90 Å². The maximum atomic E-state index is 13.2. The van der Waals surface area contributed by atoms with Gasteiger partial charge in [-0.15, -0.1) is 0 Å². The van der Waals surface area contributed by atoms with Crippen molar-refractivity contribution in [1.29, 1.82) is 0 Å². The quantitative estimate of drug-likeness (QED) is 0.633. The standard InChI is InChI=1S/C16H14FNO2/c1-11-3-6-13(17)9-15(11)16(20)12-4-7-14(8-5-12)18(2)10-19/h3-10H,1-2H3. The third-order valence-corrected chi connectivity index (χ3v) is 3.14. The molecule has 0 fully saturated rings. The summed E-state index contributed by atoms with van der Waals surface area (Å²) in [5, 5.41) is 0. The van der Waals surface area contributed by atoms with Crippen molar-refractivity contribution >= 4 is 17.9 Å². The fraction of sp³-hybridized carbons (Fsp3) is 0.125. The zero-order valence-electron chi connectivity index (χ0n) is 11.3. The molecule has 0 aliphatic heterocycles. The lowest BCUT2D eigenvalue weighted by Crippen LogP contribution is -2.13. The van der Waals surface area contributed by atoms with Crippen molar-refractivity contribution in [2.75, 3.05) is 11.9 Å². The zero-order chi connectivity index (χ0) is 14.7. The predicted octanol–water partition coefficient (Wildman–Crippen LogP) is 2.96. The smallest absolute Gasteiger partial charge is 0.213 e. The van der Waals surface area contributed by atoms with Gasteiger partial charge in [0.05, 0.1) is 0 Å². The third kappa shape index (κ3) is 2.74. The number of aryl methyl sites for hydroxylation is 1. The molecular weight excluding hydrogens is 257 g/mol. The molecule has 20 heavy (non-hydrogen) atoms. The molecule has 0 bridgehead atoms. The highest BCUT2D eigenvalue weighted by molar-refractivity contribution is 6.10. The molecule has 2 aromatic carbocycles. The number of halogens is 1. The van der Waals surface area contributed by atoms with E-state index in [-0.39, 0.29) is 5.78 Å². The van der Waals surface area contributed by atoms with E-state index in [2.05, 4.69) is 0 Å². The lowest BCUT2D eigenvalue weighted by atomic mass is 9.99. The van der Waals surface area contributed by atoms with Gasteiger partial charge < -0.3 is 4.90 Å². The molecule has 0 saturated carbocycles. The van der Waals surface area contributed by atoms with Crippen LogP contribution in [0.4, 0.5) is 10.1 Å². The molecule has 2 aromatic rings. The summed E-state index contributed by atoms with van der Waals surface area (Å²) in [6.07, 6.45) is 0.688. The maximum absolute atomic E-state index is 13.2. The third-order valence-electron chi connectivity index (χ3n) is 3.14. The Morgan fingerprint density at radius 1 is 1.15 bits per heavy atom. The molecule has 0 spiro atoms. The molecule has 0 aliphatic rings. The first-order valence-electron chi connectivity index (χ1n) is 6.12. The SMILES string of the molecule is Cc1ccc(F)cc1C(=O)c1ccc(N(C)C=O)cc1. The van der Waals surface area contributed by atoms with Gasteiger partial charge in [0.2, 0.25) is 6.41 Å². The Labute approximate surface area is 116 Å². The highest BCUT2D eigenvalue weighted by Gasteiger charge is 2.13. The second-order valence-corrected chi connectivity index (χ2v) is 4.55. The Kier molecular flexibility index (Phi) is 3.94. The molecule has 3 nitrogen and oxygen atoms in total. The summed E-state index contributed by atoms with van der Waals surface area (Å²) >= 11 is 0. The van der Waals surface area contributed by atoms with Crippen LogP contribution in [0.1, 0.15) is 21.5 Å². The summed E-state index contributed by atoms with van der Waals surface area (Å²) in [4.78, 5) is 24.4. The topological polar surface area (TPSA) is 37.4 Å². The van der Waals surface area contributed by atoms with Crippen LogP contribution in [0.2, 0.25) is 0 Å². The molecule has 102 valence electrons. The first kappa shape index (κ1) is 13.9. The van der Waals surface area contributed by atoms with Crippen LogP contribution in [-0.2, 0) is 4.79 Å². The fourth-order valence-electron chi connectivity index (χ4n) is 1.90. The second-order valence-electron chi connectivity index (χ2n) is 4.55. The van der Waals surface area contributed by atoms with Gasteiger partial charge >= 0.3 is 0 Å². The largest absolute Gasteiger partial charge is 0.318 e. The van der Waals surface area contributed by atoms with Gasteiger partial charge in [-0.3, -0.25) is 9.59 Å².